The van der Waals surface area contributed by atoms with E-state index in [1.54, 1.807) is 11.3 Å². The molecule has 1 aromatic rings. The van der Waals surface area contributed by atoms with Gasteiger partial charge >= 0.3 is 6.09 Å². The Morgan fingerprint density at radius 2 is 1.95 bits per heavy atom. The molecule has 0 radical (unpaired) electrons. The number of thiophene rings is 1. The fourth-order valence-electron chi connectivity index (χ4n) is 1.95. The normalized spacial score (nSPS) is 13.9. The average molecular weight is 312 g/mol. The van der Waals surface area contributed by atoms with E-state index in [1.165, 1.54) is 10.4 Å². The van der Waals surface area contributed by atoms with E-state index in [4.69, 9.17) is 4.74 Å². The van der Waals surface area contributed by atoms with Crippen molar-refractivity contribution in [2.75, 3.05) is 6.54 Å². The van der Waals surface area contributed by atoms with E-state index in [-0.39, 0.29) is 17.7 Å². The molecule has 1 unspecified atom stereocenters. The number of rotatable bonds is 5. The molecule has 5 heteroatoms. The number of nitrogens with one attached hydrogen (secondary N) is 2. The summed E-state index contributed by atoms with van der Waals surface area (Å²) in [6.07, 6.45) is -0.380. The second kappa shape index (κ2) is 6.79. The van der Waals surface area contributed by atoms with E-state index in [9.17, 15) is 4.79 Å². The van der Waals surface area contributed by atoms with Crippen LogP contribution in [0.4, 0.5) is 4.79 Å². The quantitative estimate of drug-likeness (QED) is 0.863. The maximum absolute atomic E-state index is 11.8. The Kier molecular flexibility index (Phi) is 5.82. The molecule has 0 fully saturated rings. The van der Waals surface area contributed by atoms with Crippen LogP contribution in [0.25, 0.3) is 0 Å². The molecule has 0 saturated heterocycles. The molecular weight excluding hydrogens is 284 g/mol. The maximum atomic E-state index is 11.8. The Hall–Kier alpha value is -1.07. The van der Waals surface area contributed by atoms with Gasteiger partial charge in [-0.1, -0.05) is 0 Å². The van der Waals surface area contributed by atoms with Gasteiger partial charge in [0.25, 0.3) is 0 Å². The lowest BCUT2D eigenvalue weighted by Crippen LogP contribution is -2.51. The van der Waals surface area contributed by atoms with Crippen molar-refractivity contribution in [3.63, 3.8) is 0 Å². The largest absolute Gasteiger partial charge is 0.444 e. The maximum Gasteiger partial charge on any atom is 0.408 e. The molecule has 0 aliphatic heterocycles. The number of aryl methyl sites for hydroxylation is 1. The van der Waals surface area contributed by atoms with Gasteiger partial charge in [-0.3, -0.25) is 0 Å². The Morgan fingerprint density at radius 3 is 2.43 bits per heavy atom. The minimum absolute atomic E-state index is 0.268. The topological polar surface area (TPSA) is 50.4 Å². The van der Waals surface area contributed by atoms with Crippen molar-refractivity contribution in [2.24, 2.45) is 0 Å². The first-order valence-corrected chi connectivity index (χ1v) is 8.17. The summed E-state index contributed by atoms with van der Waals surface area (Å²) < 4.78 is 5.30. The lowest BCUT2D eigenvalue weighted by atomic mass is 10.1. The van der Waals surface area contributed by atoms with Crippen LogP contribution in [-0.4, -0.2) is 23.8 Å². The first kappa shape index (κ1) is 18.0. The first-order chi connectivity index (χ1) is 9.50. The van der Waals surface area contributed by atoms with Crippen molar-refractivity contribution in [2.45, 2.75) is 65.6 Å². The number of amides is 1. The van der Waals surface area contributed by atoms with Gasteiger partial charge in [0.15, 0.2) is 0 Å². The van der Waals surface area contributed by atoms with Crippen LogP contribution < -0.4 is 10.6 Å². The standard InChI is InChI=1S/C16H28N2O2S/c1-11-8-9-21-13(11)12(2)17-10-16(6,7)18-14(19)20-15(3,4)5/h8-9,12,17H,10H2,1-7H3,(H,18,19). The van der Waals surface area contributed by atoms with Gasteiger partial charge in [-0.15, -0.1) is 11.3 Å². The Morgan fingerprint density at radius 1 is 1.33 bits per heavy atom. The van der Waals surface area contributed by atoms with Crippen LogP contribution >= 0.6 is 11.3 Å². The smallest absolute Gasteiger partial charge is 0.408 e. The van der Waals surface area contributed by atoms with Crippen LogP contribution in [0.2, 0.25) is 0 Å². The summed E-state index contributed by atoms with van der Waals surface area (Å²) in [4.78, 5) is 13.2. The van der Waals surface area contributed by atoms with Gasteiger partial charge in [0.1, 0.15) is 5.60 Å². The SMILES string of the molecule is Cc1ccsc1C(C)NCC(C)(C)NC(=O)OC(C)(C)C. The molecule has 0 aromatic carbocycles. The molecule has 4 nitrogen and oxygen atoms in total. The zero-order valence-corrected chi connectivity index (χ0v) is 15.0. The van der Waals surface area contributed by atoms with Crippen molar-refractivity contribution < 1.29 is 9.53 Å². The molecule has 1 amide bonds. The zero-order chi connectivity index (χ0) is 16.3. The first-order valence-electron chi connectivity index (χ1n) is 7.29. The fourth-order valence-corrected chi connectivity index (χ4v) is 2.91. The highest BCUT2D eigenvalue weighted by molar-refractivity contribution is 7.10. The Bertz CT molecular complexity index is 475. The van der Waals surface area contributed by atoms with Gasteiger partial charge in [-0.2, -0.15) is 0 Å². The number of alkyl carbamates (subject to hydrolysis) is 1. The average Bonchev–Trinajstić information content (AvgIpc) is 2.69. The number of carbonyl (C=O) groups excluding carboxylic acids is 1. The van der Waals surface area contributed by atoms with Gasteiger partial charge in [0.2, 0.25) is 0 Å². The van der Waals surface area contributed by atoms with Crippen LogP contribution in [0.15, 0.2) is 11.4 Å². The molecule has 0 bridgehead atoms. The van der Waals surface area contributed by atoms with Crippen molar-refractivity contribution in [1.82, 2.24) is 10.6 Å². The van der Waals surface area contributed by atoms with E-state index in [0.29, 0.717) is 6.54 Å². The van der Waals surface area contributed by atoms with Crippen LogP contribution in [0.3, 0.4) is 0 Å². The number of hydrogen-bond donors (Lipinski definition) is 2. The third kappa shape index (κ3) is 6.48. The van der Waals surface area contributed by atoms with Crippen molar-refractivity contribution in [3.05, 3.63) is 21.9 Å². The summed E-state index contributed by atoms with van der Waals surface area (Å²) in [5.41, 5.74) is 0.453. The van der Waals surface area contributed by atoms with Gasteiger partial charge in [-0.25, -0.2) is 4.79 Å². The summed E-state index contributed by atoms with van der Waals surface area (Å²) in [5.74, 6) is 0. The summed E-state index contributed by atoms with van der Waals surface area (Å²) in [6, 6.07) is 2.40. The third-order valence-corrected chi connectivity index (χ3v) is 4.19. The molecule has 0 spiro atoms. The van der Waals surface area contributed by atoms with Crippen LogP contribution in [0.5, 0.6) is 0 Å². The Balaban J connectivity index is 2.49. The summed E-state index contributed by atoms with van der Waals surface area (Å²) >= 11 is 1.76. The van der Waals surface area contributed by atoms with Crippen molar-refractivity contribution >= 4 is 17.4 Å². The van der Waals surface area contributed by atoms with E-state index < -0.39 is 5.60 Å². The number of hydrogen-bond acceptors (Lipinski definition) is 4. The molecule has 1 rings (SSSR count). The highest BCUT2D eigenvalue weighted by Gasteiger charge is 2.25. The molecule has 21 heavy (non-hydrogen) atoms. The second-order valence-corrected chi connectivity index (χ2v) is 8.03. The third-order valence-electron chi connectivity index (χ3n) is 2.98. The summed E-state index contributed by atoms with van der Waals surface area (Å²) in [7, 11) is 0. The number of ether oxygens (including phenoxy) is 1. The summed E-state index contributed by atoms with van der Waals surface area (Å²) in [5, 5.41) is 8.49. The molecule has 2 N–H and O–H groups in total. The van der Waals surface area contributed by atoms with E-state index in [0.717, 1.165) is 0 Å². The lowest BCUT2D eigenvalue weighted by Gasteiger charge is -2.30. The highest BCUT2D eigenvalue weighted by atomic mass is 32.1. The monoisotopic (exact) mass is 312 g/mol. The molecule has 0 saturated carbocycles. The second-order valence-electron chi connectivity index (χ2n) is 7.08. The van der Waals surface area contributed by atoms with Crippen LogP contribution in [-0.2, 0) is 4.74 Å². The van der Waals surface area contributed by atoms with Crippen LogP contribution in [0, 0.1) is 6.92 Å². The van der Waals surface area contributed by atoms with Crippen molar-refractivity contribution in [3.8, 4) is 0 Å². The van der Waals surface area contributed by atoms with E-state index in [1.807, 2.05) is 34.6 Å². The van der Waals surface area contributed by atoms with E-state index >= 15 is 0 Å². The number of carbonyl (C=O) groups is 1. The molecule has 0 aliphatic rings. The lowest BCUT2D eigenvalue weighted by molar-refractivity contribution is 0.0471. The Labute approximate surface area is 132 Å². The molecule has 1 aromatic heterocycles. The summed E-state index contributed by atoms with van der Waals surface area (Å²) in [6.45, 7) is 14.5. The highest BCUT2D eigenvalue weighted by Crippen LogP contribution is 2.23. The predicted molar refractivity (Wildman–Crippen MR) is 88.9 cm³/mol. The van der Waals surface area contributed by atoms with Gasteiger partial charge < -0.3 is 15.4 Å². The van der Waals surface area contributed by atoms with E-state index in [2.05, 4.69) is 35.9 Å². The molecule has 1 heterocycles. The van der Waals surface area contributed by atoms with Gasteiger partial charge in [-0.05, 0) is 65.5 Å². The fraction of sp³-hybridized carbons (Fsp3) is 0.688. The molecule has 0 aliphatic carbocycles. The van der Waals surface area contributed by atoms with Crippen molar-refractivity contribution in [1.29, 1.82) is 0 Å². The molecular formula is C16H28N2O2S. The van der Waals surface area contributed by atoms with Gasteiger partial charge in [0.05, 0.1) is 5.54 Å². The minimum Gasteiger partial charge on any atom is -0.444 e. The zero-order valence-electron chi connectivity index (χ0n) is 14.2. The van der Waals surface area contributed by atoms with Gasteiger partial charge in [0, 0.05) is 17.5 Å². The predicted octanol–water partition coefficient (Wildman–Crippen LogP) is 4.01. The molecule has 120 valence electrons. The molecule has 1 atom stereocenters. The minimum atomic E-state index is -0.477. The van der Waals surface area contributed by atoms with Crippen LogP contribution in [0.1, 0.15) is 58.0 Å².